The van der Waals surface area contributed by atoms with Crippen molar-refractivity contribution in [1.29, 1.82) is 0 Å². The predicted molar refractivity (Wildman–Crippen MR) is 125 cm³/mol. The van der Waals surface area contributed by atoms with Crippen molar-refractivity contribution in [2.45, 2.75) is 38.0 Å². The molecular formula is C21H21N9OS2. The second kappa shape index (κ2) is 10.0. The number of carbonyl (C=O) groups excluding carboxylic acids is 1. The van der Waals surface area contributed by atoms with Crippen molar-refractivity contribution in [2.24, 2.45) is 5.92 Å². The van der Waals surface area contributed by atoms with Crippen LogP contribution in [0.1, 0.15) is 40.9 Å². The van der Waals surface area contributed by atoms with Crippen LogP contribution in [-0.4, -0.2) is 41.3 Å². The maximum atomic E-state index is 12.2. The largest absolute Gasteiger partial charge is 0.313 e. The van der Waals surface area contributed by atoms with Gasteiger partial charge in [0.1, 0.15) is 10.0 Å². The third kappa shape index (κ3) is 5.71. The topological polar surface area (TPSA) is 131 Å². The first-order chi connectivity index (χ1) is 16.2. The molecular weight excluding hydrogens is 458 g/mol. The van der Waals surface area contributed by atoms with E-state index in [1.54, 1.807) is 36.1 Å². The van der Waals surface area contributed by atoms with Crippen LogP contribution in [0.25, 0.3) is 0 Å². The molecule has 1 saturated carbocycles. The van der Waals surface area contributed by atoms with Crippen LogP contribution in [0.4, 0.5) is 16.1 Å². The van der Waals surface area contributed by atoms with Crippen LogP contribution in [0.5, 0.6) is 0 Å². The van der Waals surface area contributed by atoms with Gasteiger partial charge in [0.2, 0.25) is 16.2 Å². The molecule has 4 aromatic rings. The lowest BCUT2D eigenvalue weighted by atomic mass is 10.0. The van der Waals surface area contributed by atoms with Gasteiger partial charge in [-0.05, 0) is 37.3 Å². The zero-order valence-electron chi connectivity index (χ0n) is 17.6. The van der Waals surface area contributed by atoms with Crippen LogP contribution in [0.3, 0.4) is 0 Å². The molecule has 168 valence electrons. The van der Waals surface area contributed by atoms with Crippen LogP contribution in [-0.2, 0) is 17.6 Å². The average molecular weight is 480 g/mol. The Balaban J connectivity index is 1.12. The van der Waals surface area contributed by atoms with E-state index in [4.69, 9.17) is 0 Å². The summed E-state index contributed by atoms with van der Waals surface area (Å²) in [4.78, 5) is 24.6. The quantitative estimate of drug-likeness (QED) is 0.389. The summed E-state index contributed by atoms with van der Waals surface area (Å²) in [5, 5.41) is 26.3. The number of aromatic nitrogens is 7. The van der Waals surface area contributed by atoms with Crippen LogP contribution >= 0.6 is 22.7 Å². The highest BCUT2D eigenvalue weighted by Crippen LogP contribution is 2.41. The number of nitrogens with zero attached hydrogens (tertiary/aromatic N) is 7. The van der Waals surface area contributed by atoms with Crippen LogP contribution in [0, 0.1) is 5.92 Å². The van der Waals surface area contributed by atoms with Gasteiger partial charge in [0.15, 0.2) is 5.82 Å². The molecule has 2 N–H and O–H groups in total. The zero-order valence-corrected chi connectivity index (χ0v) is 19.2. The third-order valence-corrected chi connectivity index (χ3v) is 7.24. The molecule has 10 nitrogen and oxygen atoms in total. The lowest BCUT2D eigenvalue weighted by Crippen LogP contribution is -2.14. The van der Waals surface area contributed by atoms with E-state index in [2.05, 4.69) is 46.0 Å². The van der Waals surface area contributed by atoms with E-state index < -0.39 is 0 Å². The maximum Gasteiger partial charge on any atom is 0.232 e. The smallest absolute Gasteiger partial charge is 0.232 e. The molecule has 1 aliphatic rings. The number of anilines is 3. The molecule has 0 bridgehead atoms. The summed E-state index contributed by atoms with van der Waals surface area (Å²) >= 11 is 3.00. The van der Waals surface area contributed by atoms with E-state index in [0.717, 1.165) is 46.5 Å². The molecule has 4 aromatic heterocycles. The van der Waals surface area contributed by atoms with Crippen molar-refractivity contribution < 1.29 is 4.79 Å². The average Bonchev–Trinajstić information content (AvgIpc) is 3.57. The van der Waals surface area contributed by atoms with Crippen molar-refractivity contribution in [3.8, 4) is 0 Å². The molecule has 0 aliphatic heterocycles. The summed E-state index contributed by atoms with van der Waals surface area (Å²) in [6.07, 6.45) is 10.9. The molecule has 1 amide bonds. The SMILES string of the molecule is O=C(Cc1ccccn1)Nc1nnc(CC2CCC(c3nnc(Nc4cnccn4)s3)C2)s1. The number of rotatable bonds is 8. The summed E-state index contributed by atoms with van der Waals surface area (Å²) in [5.74, 6) is 1.43. The highest BCUT2D eigenvalue weighted by Gasteiger charge is 2.29. The van der Waals surface area contributed by atoms with Gasteiger partial charge in [-0.15, -0.1) is 20.4 Å². The Bertz CT molecular complexity index is 1200. The van der Waals surface area contributed by atoms with Crippen molar-refractivity contribution in [3.05, 3.63) is 58.7 Å². The Morgan fingerprint density at radius 2 is 1.94 bits per heavy atom. The van der Waals surface area contributed by atoms with Gasteiger partial charge in [0, 0.05) is 36.6 Å². The molecule has 2 unspecified atom stereocenters. The fourth-order valence-electron chi connectivity index (χ4n) is 3.87. The first-order valence-corrected chi connectivity index (χ1v) is 12.2. The lowest BCUT2D eigenvalue weighted by molar-refractivity contribution is -0.115. The summed E-state index contributed by atoms with van der Waals surface area (Å²) in [6, 6.07) is 5.52. The minimum Gasteiger partial charge on any atom is -0.313 e. The van der Waals surface area contributed by atoms with Gasteiger partial charge in [-0.3, -0.25) is 14.8 Å². The molecule has 33 heavy (non-hydrogen) atoms. The zero-order chi connectivity index (χ0) is 22.5. The van der Waals surface area contributed by atoms with E-state index in [0.29, 0.717) is 22.8 Å². The second-order valence-electron chi connectivity index (χ2n) is 7.79. The van der Waals surface area contributed by atoms with Crippen molar-refractivity contribution in [3.63, 3.8) is 0 Å². The molecule has 0 aromatic carbocycles. The standard InChI is InChI=1S/C21H21N9OS2/c31-17(11-15-3-1-2-6-23-15)26-21-29-27-18(32-21)10-13-4-5-14(9-13)19-28-30-20(33-19)25-16-12-22-7-8-24-16/h1-3,6-8,12-14H,4-5,9-11H2,(H,24,25,30)(H,26,29,31). The molecule has 4 heterocycles. The number of amides is 1. The first kappa shape index (κ1) is 21.5. The fourth-order valence-corrected chi connectivity index (χ4v) is 5.64. The third-order valence-electron chi connectivity index (χ3n) is 5.37. The van der Waals surface area contributed by atoms with Crippen LogP contribution in [0.15, 0.2) is 43.0 Å². The Hall–Kier alpha value is -3.38. The lowest BCUT2D eigenvalue weighted by Gasteiger charge is -2.07. The molecule has 0 radical (unpaired) electrons. The normalized spacial score (nSPS) is 17.7. The Morgan fingerprint density at radius 1 is 1.00 bits per heavy atom. The maximum absolute atomic E-state index is 12.2. The van der Waals surface area contributed by atoms with E-state index >= 15 is 0 Å². The van der Waals surface area contributed by atoms with Crippen LogP contribution < -0.4 is 10.6 Å². The van der Waals surface area contributed by atoms with E-state index in [9.17, 15) is 4.79 Å². The molecule has 1 aliphatic carbocycles. The van der Waals surface area contributed by atoms with Gasteiger partial charge >= 0.3 is 0 Å². The second-order valence-corrected chi connectivity index (χ2v) is 9.86. The van der Waals surface area contributed by atoms with Crippen molar-refractivity contribution >= 4 is 44.7 Å². The number of nitrogens with one attached hydrogen (secondary N) is 2. The first-order valence-electron chi connectivity index (χ1n) is 10.6. The van der Waals surface area contributed by atoms with E-state index in [1.807, 2.05) is 18.2 Å². The van der Waals surface area contributed by atoms with E-state index in [-0.39, 0.29) is 12.3 Å². The number of hydrogen-bond acceptors (Lipinski definition) is 11. The van der Waals surface area contributed by atoms with Gasteiger partial charge in [-0.1, -0.05) is 28.7 Å². The molecule has 0 spiro atoms. The summed E-state index contributed by atoms with van der Waals surface area (Å²) in [7, 11) is 0. The van der Waals surface area contributed by atoms with Crippen molar-refractivity contribution in [2.75, 3.05) is 10.6 Å². The van der Waals surface area contributed by atoms with Gasteiger partial charge in [0.05, 0.1) is 12.6 Å². The number of carbonyl (C=O) groups is 1. The summed E-state index contributed by atoms with van der Waals surface area (Å²) in [5.41, 5.74) is 0.725. The Kier molecular flexibility index (Phi) is 6.53. The summed E-state index contributed by atoms with van der Waals surface area (Å²) < 4.78 is 0. The van der Waals surface area contributed by atoms with Gasteiger partial charge in [-0.25, -0.2) is 4.98 Å². The summed E-state index contributed by atoms with van der Waals surface area (Å²) in [6.45, 7) is 0. The minimum atomic E-state index is -0.139. The molecule has 2 atom stereocenters. The van der Waals surface area contributed by atoms with E-state index in [1.165, 1.54) is 11.3 Å². The monoisotopic (exact) mass is 479 g/mol. The highest BCUT2D eigenvalue weighted by molar-refractivity contribution is 7.15. The Labute approximate surface area is 198 Å². The highest BCUT2D eigenvalue weighted by atomic mass is 32.1. The molecule has 0 saturated heterocycles. The fraction of sp³-hybridized carbons (Fsp3) is 0.333. The molecule has 12 heteroatoms. The van der Waals surface area contributed by atoms with Crippen LogP contribution in [0.2, 0.25) is 0 Å². The molecule has 1 fully saturated rings. The molecule has 5 rings (SSSR count). The van der Waals surface area contributed by atoms with Crippen molar-refractivity contribution in [1.82, 2.24) is 35.3 Å². The minimum absolute atomic E-state index is 0.139. The number of hydrogen-bond donors (Lipinski definition) is 2. The van der Waals surface area contributed by atoms with Gasteiger partial charge in [-0.2, -0.15) is 0 Å². The number of pyridine rings is 1. The predicted octanol–water partition coefficient (Wildman–Crippen LogP) is 3.63. The van der Waals surface area contributed by atoms with Gasteiger partial charge < -0.3 is 10.6 Å². The van der Waals surface area contributed by atoms with Gasteiger partial charge in [0.25, 0.3) is 0 Å². The Morgan fingerprint density at radius 3 is 2.79 bits per heavy atom.